The maximum atomic E-state index is 13.0. The Morgan fingerprint density at radius 2 is 0.740 bits per heavy atom. The monoisotopic (exact) mass is 1050 g/mol. The van der Waals surface area contributed by atoms with Crippen LogP contribution in [0.3, 0.4) is 0 Å². The SMILES string of the molecule is CCCCCCCCCC/C=C\CCCCCCCCCCCCCCCCCCCCCCCCCCCC(=O)NC(COP(=O)(O)OCC[N+](C)(C)C)C(O)/C=C/CCCCCCCCCCCCCC. The summed E-state index contributed by atoms with van der Waals surface area (Å²) < 4.78 is 23.7. The van der Waals surface area contributed by atoms with Crippen molar-refractivity contribution in [2.45, 2.75) is 341 Å². The average Bonchev–Trinajstić information content (AvgIpc) is 3.35. The summed E-state index contributed by atoms with van der Waals surface area (Å²) in [6.07, 6.45) is 71.8. The normalized spacial score (nSPS) is 13.9. The van der Waals surface area contributed by atoms with Crippen LogP contribution in [0, 0.1) is 0 Å². The van der Waals surface area contributed by atoms with E-state index in [1.807, 2.05) is 27.2 Å². The molecule has 0 saturated carbocycles. The molecule has 0 aliphatic heterocycles. The van der Waals surface area contributed by atoms with Crippen LogP contribution in [0.4, 0.5) is 0 Å². The topological polar surface area (TPSA) is 105 Å². The Balaban J connectivity index is 3.89. The van der Waals surface area contributed by atoms with Gasteiger partial charge in [-0.15, -0.1) is 0 Å². The number of aliphatic hydroxyl groups excluding tert-OH is 1. The molecule has 0 bridgehead atoms. The first kappa shape index (κ1) is 72.0. The van der Waals surface area contributed by atoms with Crippen molar-refractivity contribution in [3.63, 3.8) is 0 Å². The Hall–Kier alpha value is -1.02. The van der Waals surface area contributed by atoms with Gasteiger partial charge in [-0.25, -0.2) is 4.57 Å². The summed E-state index contributed by atoms with van der Waals surface area (Å²) in [5, 5.41) is 13.9. The van der Waals surface area contributed by atoms with Gasteiger partial charge in [-0.2, -0.15) is 0 Å². The molecule has 73 heavy (non-hydrogen) atoms. The largest absolute Gasteiger partial charge is 0.472 e. The molecule has 0 rings (SSSR count). The quantitative estimate of drug-likeness (QED) is 0.0243. The molecule has 0 saturated heterocycles. The van der Waals surface area contributed by atoms with Crippen LogP contribution in [0.1, 0.15) is 328 Å². The molecule has 0 radical (unpaired) electrons. The van der Waals surface area contributed by atoms with Crippen LogP contribution in [0.5, 0.6) is 0 Å². The first-order valence-corrected chi connectivity index (χ1v) is 33.7. The van der Waals surface area contributed by atoms with Gasteiger partial charge in [0.05, 0.1) is 39.9 Å². The van der Waals surface area contributed by atoms with E-state index < -0.39 is 20.0 Å². The first-order chi connectivity index (χ1) is 35.5. The van der Waals surface area contributed by atoms with Gasteiger partial charge in [-0.1, -0.05) is 301 Å². The summed E-state index contributed by atoms with van der Waals surface area (Å²) in [6.45, 7) is 4.85. The molecule has 3 unspecified atom stereocenters. The van der Waals surface area contributed by atoms with E-state index in [1.54, 1.807) is 6.08 Å². The number of allylic oxidation sites excluding steroid dienone is 3. The number of nitrogens with zero attached hydrogens (tertiary/aromatic N) is 1. The van der Waals surface area contributed by atoms with Crippen molar-refractivity contribution in [2.24, 2.45) is 0 Å². The molecular formula is C64H128N2O6P+. The Kier molecular flexibility index (Phi) is 54.9. The predicted octanol–water partition coefficient (Wildman–Crippen LogP) is 19.9. The molecule has 3 N–H and O–H groups in total. The van der Waals surface area contributed by atoms with Crippen LogP contribution < -0.4 is 5.32 Å². The van der Waals surface area contributed by atoms with Crippen LogP contribution in [-0.4, -0.2) is 73.4 Å². The van der Waals surface area contributed by atoms with Crippen molar-refractivity contribution in [1.29, 1.82) is 0 Å². The Morgan fingerprint density at radius 1 is 0.452 bits per heavy atom. The highest BCUT2D eigenvalue weighted by Crippen LogP contribution is 2.43. The summed E-state index contributed by atoms with van der Waals surface area (Å²) in [7, 11) is 1.59. The van der Waals surface area contributed by atoms with E-state index in [4.69, 9.17) is 9.05 Å². The number of aliphatic hydroxyl groups is 1. The molecule has 0 aromatic rings. The summed E-state index contributed by atoms with van der Waals surface area (Å²) in [4.78, 5) is 23.3. The van der Waals surface area contributed by atoms with Crippen LogP contribution in [0.25, 0.3) is 0 Å². The number of amides is 1. The minimum Gasteiger partial charge on any atom is -0.387 e. The smallest absolute Gasteiger partial charge is 0.387 e. The van der Waals surface area contributed by atoms with Gasteiger partial charge in [0, 0.05) is 6.42 Å². The van der Waals surface area contributed by atoms with Crippen molar-refractivity contribution in [1.82, 2.24) is 5.32 Å². The summed E-state index contributed by atoms with van der Waals surface area (Å²) >= 11 is 0. The van der Waals surface area contributed by atoms with E-state index in [9.17, 15) is 19.4 Å². The van der Waals surface area contributed by atoms with Crippen LogP contribution in [0.2, 0.25) is 0 Å². The predicted molar refractivity (Wildman–Crippen MR) is 318 cm³/mol. The number of rotatable bonds is 60. The molecule has 0 heterocycles. The zero-order valence-electron chi connectivity index (χ0n) is 49.7. The summed E-state index contributed by atoms with van der Waals surface area (Å²) in [6, 6.07) is -0.843. The number of quaternary nitrogens is 1. The van der Waals surface area contributed by atoms with Crippen molar-refractivity contribution >= 4 is 13.7 Å². The molecule has 0 aromatic heterocycles. The van der Waals surface area contributed by atoms with Crippen molar-refractivity contribution in [2.75, 3.05) is 40.9 Å². The summed E-state index contributed by atoms with van der Waals surface area (Å²) in [5.41, 5.74) is 0. The van der Waals surface area contributed by atoms with Crippen molar-refractivity contribution < 1.29 is 32.9 Å². The molecule has 0 aliphatic rings. The fraction of sp³-hybridized carbons (Fsp3) is 0.922. The Bertz CT molecular complexity index is 1240. The standard InChI is InChI=1S/C64H127N2O6P/c1-6-8-10-12-14-16-18-20-22-23-24-25-26-27-28-29-30-31-32-33-34-35-36-37-38-39-40-41-42-43-44-46-48-50-52-54-56-58-64(68)65-62(61-72-73(69,70)71-60-59-66(3,4)5)63(67)57-55-53-51-49-47-45-21-19-17-15-13-11-9-7-2/h23-24,55,57,62-63,67H,6-22,25-54,56,58-61H2,1-5H3,(H-,65,68,69,70)/p+1/b24-23-,57-55+. The number of phosphoric acid groups is 1. The van der Waals surface area contributed by atoms with Crippen LogP contribution in [0.15, 0.2) is 24.3 Å². The van der Waals surface area contributed by atoms with E-state index in [-0.39, 0.29) is 19.1 Å². The number of likely N-dealkylation sites (N-methyl/N-ethyl adjacent to an activating group) is 1. The second-order valence-corrected chi connectivity index (χ2v) is 24.9. The molecule has 3 atom stereocenters. The third-order valence-electron chi connectivity index (χ3n) is 14.9. The number of phosphoric ester groups is 1. The van der Waals surface area contributed by atoms with E-state index in [0.29, 0.717) is 17.4 Å². The minimum atomic E-state index is -4.34. The van der Waals surface area contributed by atoms with Gasteiger partial charge < -0.3 is 19.8 Å². The number of carbonyl (C=O) groups is 1. The average molecular weight is 1050 g/mol. The number of nitrogens with one attached hydrogen (secondary N) is 1. The van der Waals surface area contributed by atoms with Gasteiger partial charge in [-0.05, 0) is 44.9 Å². The lowest BCUT2D eigenvalue weighted by molar-refractivity contribution is -0.870. The van der Waals surface area contributed by atoms with E-state index in [1.165, 1.54) is 270 Å². The third kappa shape index (κ3) is 58.5. The number of unbranched alkanes of at least 4 members (excludes halogenated alkanes) is 45. The van der Waals surface area contributed by atoms with Gasteiger partial charge in [-0.3, -0.25) is 13.8 Å². The maximum absolute atomic E-state index is 13.0. The van der Waals surface area contributed by atoms with Crippen LogP contribution >= 0.6 is 7.82 Å². The second-order valence-electron chi connectivity index (χ2n) is 23.5. The van der Waals surface area contributed by atoms with E-state index in [0.717, 1.165) is 38.5 Å². The zero-order chi connectivity index (χ0) is 53.5. The fourth-order valence-electron chi connectivity index (χ4n) is 9.86. The Labute approximate surface area is 455 Å². The molecule has 9 heteroatoms. The highest BCUT2D eigenvalue weighted by molar-refractivity contribution is 7.47. The first-order valence-electron chi connectivity index (χ1n) is 32.2. The number of hydrogen-bond acceptors (Lipinski definition) is 5. The lowest BCUT2D eigenvalue weighted by Crippen LogP contribution is -2.45. The molecule has 434 valence electrons. The number of carbonyl (C=O) groups excluding carboxylic acids is 1. The van der Waals surface area contributed by atoms with E-state index >= 15 is 0 Å². The molecule has 0 spiro atoms. The molecule has 0 aliphatic carbocycles. The highest BCUT2D eigenvalue weighted by Gasteiger charge is 2.28. The van der Waals surface area contributed by atoms with Crippen LogP contribution in [-0.2, 0) is 18.4 Å². The van der Waals surface area contributed by atoms with Gasteiger partial charge >= 0.3 is 7.82 Å². The van der Waals surface area contributed by atoms with Gasteiger partial charge in [0.2, 0.25) is 5.91 Å². The lowest BCUT2D eigenvalue weighted by Gasteiger charge is -2.25. The molecule has 0 aromatic carbocycles. The van der Waals surface area contributed by atoms with E-state index in [2.05, 4.69) is 31.3 Å². The highest BCUT2D eigenvalue weighted by atomic mass is 31.2. The molecule has 1 amide bonds. The zero-order valence-corrected chi connectivity index (χ0v) is 50.5. The Morgan fingerprint density at radius 3 is 1.05 bits per heavy atom. The lowest BCUT2D eigenvalue weighted by atomic mass is 10.0. The van der Waals surface area contributed by atoms with Crippen molar-refractivity contribution in [3.8, 4) is 0 Å². The number of hydrogen-bond donors (Lipinski definition) is 3. The molecule has 8 nitrogen and oxygen atoms in total. The fourth-order valence-corrected chi connectivity index (χ4v) is 10.6. The molecular weight excluding hydrogens is 924 g/mol. The maximum Gasteiger partial charge on any atom is 0.472 e. The second kappa shape index (κ2) is 55.7. The van der Waals surface area contributed by atoms with Gasteiger partial charge in [0.25, 0.3) is 0 Å². The van der Waals surface area contributed by atoms with Gasteiger partial charge in [0.1, 0.15) is 13.2 Å². The minimum absolute atomic E-state index is 0.0643. The summed E-state index contributed by atoms with van der Waals surface area (Å²) in [5.74, 6) is -0.171. The third-order valence-corrected chi connectivity index (χ3v) is 15.9. The van der Waals surface area contributed by atoms with Gasteiger partial charge in [0.15, 0.2) is 0 Å². The van der Waals surface area contributed by atoms with Crippen molar-refractivity contribution in [3.05, 3.63) is 24.3 Å². The molecule has 0 fully saturated rings.